The molecule has 5 heteroatoms. The van der Waals surface area contributed by atoms with E-state index in [-0.39, 0.29) is 0 Å². The van der Waals surface area contributed by atoms with Crippen LogP contribution in [0.25, 0.3) is 22.3 Å². The molecule has 0 aromatic heterocycles. The van der Waals surface area contributed by atoms with Gasteiger partial charge < -0.3 is 14.7 Å². The third-order valence-corrected chi connectivity index (χ3v) is 3.42. The summed E-state index contributed by atoms with van der Waals surface area (Å²) in [5, 5.41) is 0. The molecule has 0 unspecified atom stereocenters. The maximum atomic E-state index is 8.88. The highest BCUT2D eigenvalue weighted by atomic mass is 31.2. The van der Waals surface area contributed by atoms with E-state index in [4.69, 9.17) is 19.2 Å². The van der Waals surface area contributed by atoms with Crippen LogP contribution in [0, 0.1) is 6.92 Å². The molecule has 0 aliphatic rings. The zero-order valence-corrected chi connectivity index (χ0v) is 14.1. The Bertz CT molecular complexity index is 818. The quantitative estimate of drug-likeness (QED) is 0.603. The van der Waals surface area contributed by atoms with Gasteiger partial charge in [-0.3, -0.25) is 0 Å². The van der Waals surface area contributed by atoms with Crippen molar-refractivity contribution in [3.63, 3.8) is 0 Å². The fraction of sp³-hybridized carbons (Fsp3) is 0.0526. The van der Waals surface area contributed by atoms with Gasteiger partial charge in [0.25, 0.3) is 0 Å². The minimum Gasteiger partial charge on any atom is -0.303 e. The number of hydrogen-bond donors (Lipinski definition) is 3. The van der Waals surface area contributed by atoms with Crippen LogP contribution in [0.1, 0.15) is 5.56 Å². The largest absolute Gasteiger partial charge is 0.466 e. The highest BCUT2D eigenvalue weighted by Crippen LogP contribution is 2.34. The maximum absolute atomic E-state index is 8.88. The van der Waals surface area contributed by atoms with Crippen LogP contribution in [0.15, 0.2) is 78.9 Å². The summed E-state index contributed by atoms with van der Waals surface area (Å²) in [5.41, 5.74) is 6.48. The summed E-state index contributed by atoms with van der Waals surface area (Å²) in [6.45, 7) is 2.18. The van der Waals surface area contributed by atoms with Gasteiger partial charge in [0.1, 0.15) is 0 Å². The molecule has 24 heavy (non-hydrogen) atoms. The van der Waals surface area contributed by atoms with Gasteiger partial charge in [0.2, 0.25) is 0 Å². The first kappa shape index (κ1) is 18.1. The van der Waals surface area contributed by atoms with Crippen LogP contribution in [0.2, 0.25) is 0 Å². The van der Waals surface area contributed by atoms with Gasteiger partial charge in [-0.25, -0.2) is 4.57 Å². The molecule has 0 aliphatic heterocycles. The number of rotatable bonds is 2. The minimum atomic E-state index is -4.64. The number of aryl methyl sites for hydroxylation is 1. The Morgan fingerprint density at radius 2 is 1.12 bits per heavy atom. The molecule has 3 rings (SSSR count). The van der Waals surface area contributed by atoms with E-state index < -0.39 is 7.82 Å². The van der Waals surface area contributed by atoms with Crippen molar-refractivity contribution in [2.24, 2.45) is 0 Å². The lowest BCUT2D eigenvalue weighted by molar-refractivity contribution is 0.275. The highest BCUT2D eigenvalue weighted by molar-refractivity contribution is 7.45. The van der Waals surface area contributed by atoms with E-state index in [1.54, 1.807) is 0 Å². The molecule has 0 spiro atoms. The van der Waals surface area contributed by atoms with Crippen LogP contribution >= 0.6 is 7.82 Å². The van der Waals surface area contributed by atoms with Gasteiger partial charge in [0, 0.05) is 0 Å². The van der Waals surface area contributed by atoms with Crippen molar-refractivity contribution >= 4 is 7.82 Å². The van der Waals surface area contributed by atoms with Gasteiger partial charge in [0.05, 0.1) is 0 Å². The van der Waals surface area contributed by atoms with Crippen LogP contribution in [0.5, 0.6) is 0 Å². The van der Waals surface area contributed by atoms with Crippen LogP contribution < -0.4 is 0 Å². The zero-order valence-electron chi connectivity index (χ0n) is 13.2. The van der Waals surface area contributed by atoms with Gasteiger partial charge in [-0.1, -0.05) is 78.9 Å². The third kappa shape index (κ3) is 5.44. The predicted octanol–water partition coefficient (Wildman–Crippen LogP) is 4.40. The van der Waals surface area contributed by atoms with Gasteiger partial charge in [-0.05, 0) is 34.7 Å². The Morgan fingerprint density at radius 3 is 1.62 bits per heavy atom. The molecule has 3 aromatic rings. The highest BCUT2D eigenvalue weighted by Gasteiger charge is 2.09. The molecule has 0 atom stereocenters. The molecule has 0 amide bonds. The Kier molecular flexibility index (Phi) is 6.07. The average Bonchev–Trinajstić information content (AvgIpc) is 2.55. The standard InChI is InChI=1S/C19H16.H3O4P/c1-15-9-8-14-18(16-10-4-2-5-11-16)19(15)17-12-6-3-7-13-17;1-5(2,3)4/h2-14H,1H3;(H3,1,2,3,4). The Hall–Kier alpha value is -2.23. The van der Waals surface area contributed by atoms with Crippen molar-refractivity contribution in [3.05, 3.63) is 84.4 Å². The minimum absolute atomic E-state index is 1.27. The molecule has 0 saturated carbocycles. The summed E-state index contributed by atoms with van der Waals surface area (Å²) in [4.78, 5) is 21.6. The molecule has 0 bridgehead atoms. The number of benzene rings is 3. The first-order chi connectivity index (χ1) is 11.4. The SMILES string of the molecule is Cc1cccc(-c2ccccc2)c1-c1ccccc1.O=P(O)(O)O. The summed E-state index contributed by atoms with van der Waals surface area (Å²) >= 11 is 0. The maximum Gasteiger partial charge on any atom is 0.466 e. The molecule has 4 nitrogen and oxygen atoms in total. The normalized spacial score (nSPS) is 10.7. The lowest BCUT2D eigenvalue weighted by atomic mass is 9.91. The van der Waals surface area contributed by atoms with Crippen LogP contribution in [0.3, 0.4) is 0 Å². The molecule has 0 saturated heterocycles. The monoisotopic (exact) mass is 342 g/mol. The Balaban J connectivity index is 0.000000368. The van der Waals surface area contributed by atoms with Gasteiger partial charge in [0.15, 0.2) is 0 Å². The van der Waals surface area contributed by atoms with E-state index in [2.05, 4.69) is 85.8 Å². The van der Waals surface area contributed by atoms with Crippen molar-refractivity contribution in [3.8, 4) is 22.3 Å². The molecule has 3 N–H and O–H groups in total. The van der Waals surface area contributed by atoms with Crippen molar-refractivity contribution in [1.29, 1.82) is 0 Å². The van der Waals surface area contributed by atoms with Crippen molar-refractivity contribution in [2.75, 3.05) is 0 Å². The molecule has 124 valence electrons. The van der Waals surface area contributed by atoms with Crippen LogP contribution in [-0.2, 0) is 4.57 Å². The van der Waals surface area contributed by atoms with Crippen molar-refractivity contribution < 1.29 is 19.2 Å². The first-order valence-corrected chi connectivity index (χ1v) is 8.91. The summed E-state index contributed by atoms with van der Waals surface area (Å²) in [6, 6.07) is 27.7. The fourth-order valence-corrected chi connectivity index (χ4v) is 2.51. The summed E-state index contributed by atoms with van der Waals surface area (Å²) in [7, 11) is -4.64. The lowest BCUT2D eigenvalue weighted by Gasteiger charge is -2.13. The molecule has 0 aliphatic carbocycles. The van der Waals surface area contributed by atoms with E-state index >= 15 is 0 Å². The second-order valence-corrected chi connectivity index (χ2v) is 6.27. The number of phosphoric acid groups is 1. The molecule has 0 heterocycles. The van der Waals surface area contributed by atoms with Gasteiger partial charge >= 0.3 is 7.82 Å². The van der Waals surface area contributed by atoms with E-state index in [9.17, 15) is 0 Å². The summed E-state index contributed by atoms with van der Waals surface area (Å²) in [5.74, 6) is 0. The van der Waals surface area contributed by atoms with E-state index in [1.807, 2.05) is 0 Å². The van der Waals surface area contributed by atoms with Crippen molar-refractivity contribution in [1.82, 2.24) is 0 Å². The summed E-state index contributed by atoms with van der Waals surface area (Å²) in [6.07, 6.45) is 0. The predicted molar refractivity (Wildman–Crippen MR) is 96.3 cm³/mol. The molecular weight excluding hydrogens is 323 g/mol. The van der Waals surface area contributed by atoms with Gasteiger partial charge in [-0.2, -0.15) is 0 Å². The lowest BCUT2D eigenvalue weighted by Crippen LogP contribution is -1.88. The van der Waals surface area contributed by atoms with Crippen LogP contribution in [-0.4, -0.2) is 14.7 Å². The third-order valence-electron chi connectivity index (χ3n) is 3.42. The molecular formula is C19H19O4P. The van der Waals surface area contributed by atoms with E-state index in [0.29, 0.717) is 0 Å². The second-order valence-electron chi connectivity index (χ2n) is 5.24. The Labute approximate surface area is 141 Å². The van der Waals surface area contributed by atoms with Crippen molar-refractivity contribution in [2.45, 2.75) is 6.92 Å². The van der Waals surface area contributed by atoms with E-state index in [1.165, 1.54) is 27.8 Å². The topological polar surface area (TPSA) is 77.8 Å². The van der Waals surface area contributed by atoms with Gasteiger partial charge in [-0.15, -0.1) is 0 Å². The molecule has 3 aromatic carbocycles. The number of hydrogen-bond acceptors (Lipinski definition) is 1. The molecule has 0 fully saturated rings. The average molecular weight is 342 g/mol. The van der Waals surface area contributed by atoms with Crippen LogP contribution in [0.4, 0.5) is 0 Å². The fourth-order valence-electron chi connectivity index (χ4n) is 2.51. The zero-order chi connectivity index (χ0) is 17.6. The Morgan fingerprint density at radius 1 is 0.667 bits per heavy atom. The van der Waals surface area contributed by atoms with E-state index in [0.717, 1.165) is 0 Å². The second kappa shape index (κ2) is 8.04. The smallest absolute Gasteiger partial charge is 0.303 e. The first-order valence-electron chi connectivity index (χ1n) is 7.35. The molecule has 0 radical (unpaired) electrons. The summed E-state index contributed by atoms with van der Waals surface area (Å²) < 4.78 is 8.88.